The zero-order valence-electron chi connectivity index (χ0n) is 18.6. The van der Waals surface area contributed by atoms with Gasteiger partial charge >= 0.3 is 0 Å². The van der Waals surface area contributed by atoms with Crippen molar-refractivity contribution in [3.63, 3.8) is 0 Å². The Balaban J connectivity index is 1.49. The molecule has 5 heteroatoms. The maximum atomic E-state index is 13.2. The molecule has 1 heterocycles. The van der Waals surface area contributed by atoms with E-state index >= 15 is 0 Å². The Bertz CT molecular complexity index is 1310. The van der Waals surface area contributed by atoms with Crippen LogP contribution in [0, 0.1) is 26.7 Å². The molecule has 1 aliphatic heterocycles. The second kappa shape index (κ2) is 7.82. The van der Waals surface area contributed by atoms with Crippen LogP contribution in [0.2, 0.25) is 0 Å². The number of aryl methyl sites for hydroxylation is 3. The Hall–Kier alpha value is -3.05. The molecule has 0 aromatic heterocycles. The molecule has 0 unspecified atom stereocenters. The number of hydrogen-bond donors (Lipinski definition) is 2. The van der Waals surface area contributed by atoms with Crippen molar-refractivity contribution in [2.45, 2.75) is 44.0 Å². The zero-order chi connectivity index (χ0) is 22.5. The van der Waals surface area contributed by atoms with Gasteiger partial charge in [-0.25, -0.2) is 8.42 Å². The highest BCUT2D eigenvalue weighted by atomic mass is 32.2. The summed E-state index contributed by atoms with van der Waals surface area (Å²) in [6.07, 6.45) is 5.44. The highest BCUT2D eigenvalue weighted by Gasteiger charge is 2.38. The average Bonchev–Trinajstić information content (AvgIpc) is 3.26. The first-order chi connectivity index (χ1) is 15.3. The van der Waals surface area contributed by atoms with Crippen molar-refractivity contribution in [3.05, 3.63) is 101 Å². The first-order valence-electron chi connectivity index (χ1n) is 11.1. The van der Waals surface area contributed by atoms with Gasteiger partial charge in [-0.1, -0.05) is 59.7 Å². The smallest absolute Gasteiger partial charge is 0.261 e. The van der Waals surface area contributed by atoms with Crippen LogP contribution in [-0.4, -0.2) is 8.42 Å². The Morgan fingerprint density at radius 1 is 0.906 bits per heavy atom. The highest BCUT2D eigenvalue weighted by Crippen LogP contribution is 2.50. The number of fused-ring (bicyclic) bond motifs is 3. The van der Waals surface area contributed by atoms with Gasteiger partial charge in [-0.2, -0.15) is 0 Å². The molecule has 4 nitrogen and oxygen atoms in total. The average molecular weight is 445 g/mol. The molecule has 2 aliphatic rings. The fourth-order valence-corrected chi connectivity index (χ4v) is 6.14. The van der Waals surface area contributed by atoms with E-state index in [4.69, 9.17) is 0 Å². The lowest BCUT2D eigenvalue weighted by Gasteiger charge is -2.37. The molecule has 5 rings (SSSR count). The summed E-state index contributed by atoms with van der Waals surface area (Å²) in [5.74, 6) is 0.573. The molecule has 0 fully saturated rings. The third-order valence-corrected chi connectivity index (χ3v) is 8.07. The minimum absolute atomic E-state index is 0.203. The van der Waals surface area contributed by atoms with E-state index in [1.807, 2.05) is 44.2 Å². The highest BCUT2D eigenvalue weighted by molar-refractivity contribution is 7.92. The van der Waals surface area contributed by atoms with Gasteiger partial charge in [-0.15, -0.1) is 0 Å². The van der Waals surface area contributed by atoms with Crippen LogP contribution in [0.25, 0.3) is 0 Å². The monoisotopic (exact) mass is 444 g/mol. The lowest BCUT2D eigenvalue weighted by molar-refractivity contribution is 0.425. The van der Waals surface area contributed by atoms with Gasteiger partial charge in [0.1, 0.15) is 0 Å². The van der Waals surface area contributed by atoms with Crippen molar-refractivity contribution in [1.29, 1.82) is 0 Å². The number of benzene rings is 3. The molecule has 0 saturated carbocycles. The first-order valence-corrected chi connectivity index (χ1v) is 12.5. The molecule has 1 aliphatic carbocycles. The fourth-order valence-electron chi connectivity index (χ4n) is 4.98. The lowest BCUT2D eigenvalue weighted by atomic mass is 9.77. The van der Waals surface area contributed by atoms with Gasteiger partial charge in [0.05, 0.1) is 16.6 Å². The number of allylic oxidation sites excluding steroid dienone is 2. The summed E-state index contributed by atoms with van der Waals surface area (Å²) in [4.78, 5) is 0.297. The normalized spacial score (nSPS) is 21.5. The molecule has 32 heavy (non-hydrogen) atoms. The fraction of sp³-hybridized carbons (Fsp3) is 0.259. The number of sulfonamides is 1. The van der Waals surface area contributed by atoms with E-state index in [2.05, 4.69) is 53.4 Å². The van der Waals surface area contributed by atoms with Crippen LogP contribution in [-0.2, 0) is 10.0 Å². The minimum atomic E-state index is -3.68. The van der Waals surface area contributed by atoms with Crippen molar-refractivity contribution in [2.24, 2.45) is 5.92 Å². The Morgan fingerprint density at radius 2 is 1.66 bits per heavy atom. The lowest BCUT2D eigenvalue weighted by Crippen LogP contribution is -2.29. The van der Waals surface area contributed by atoms with Gasteiger partial charge < -0.3 is 5.32 Å². The molecule has 0 radical (unpaired) electrons. The van der Waals surface area contributed by atoms with E-state index in [-0.39, 0.29) is 12.0 Å². The van der Waals surface area contributed by atoms with Crippen molar-refractivity contribution in [1.82, 2.24) is 0 Å². The van der Waals surface area contributed by atoms with Crippen LogP contribution in [0.3, 0.4) is 0 Å². The van der Waals surface area contributed by atoms with E-state index < -0.39 is 10.0 Å². The summed E-state index contributed by atoms with van der Waals surface area (Å²) in [5, 5.41) is 3.69. The van der Waals surface area contributed by atoms with Crippen LogP contribution >= 0.6 is 0 Å². The summed E-state index contributed by atoms with van der Waals surface area (Å²) in [7, 11) is -3.68. The van der Waals surface area contributed by atoms with Gasteiger partial charge in [0, 0.05) is 11.6 Å². The quantitative estimate of drug-likeness (QED) is 0.468. The molecule has 0 amide bonds. The summed E-state index contributed by atoms with van der Waals surface area (Å²) < 4.78 is 29.1. The minimum Gasteiger partial charge on any atom is -0.378 e. The van der Waals surface area contributed by atoms with E-state index in [1.165, 1.54) is 11.1 Å². The van der Waals surface area contributed by atoms with Crippen LogP contribution < -0.4 is 10.0 Å². The standard InChI is InChI=1S/C27H28N2O2S/c1-17-7-10-20(11-8-17)27-23-6-4-5-22(23)24-16-21(12-14-26(24)28-27)32(30,31)29-25-13-9-18(2)15-19(25)3/h4-5,7-16,22-23,27-29H,6H2,1-3H3/t22-,23+,27+/m1/s1. The predicted molar refractivity (Wildman–Crippen MR) is 131 cm³/mol. The number of nitrogens with one attached hydrogen (secondary N) is 2. The Labute approximate surface area is 190 Å². The van der Waals surface area contributed by atoms with Crippen LogP contribution in [0.4, 0.5) is 11.4 Å². The van der Waals surface area contributed by atoms with Crippen molar-refractivity contribution < 1.29 is 8.42 Å². The molecule has 0 bridgehead atoms. The van der Waals surface area contributed by atoms with E-state index in [9.17, 15) is 8.42 Å². The third-order valence-electron chi connectivity index (χ3n) is 6.71. The molecule has 3 aromatic rings. The van der Waals surface area contributed by atoms with Crippen LogP contribution in [0.1, 0.15) is 46.2 Å². The van der Waals surface area contributed by atoms with E-state index in [0.717, 1.165) is 28.8 Å². The van der Waals surface area contributed by atoms with Crippen LogP contribution in [0.5, 0.6) is 0 Å². The second-order valence-corrected chi connectivity index (χ2v) is 10.7. The van der Waals surface area contributed by atoms with Gasteiger partial charge in [0.15, 0.2) is 0 Å². The maximum Gasteiger partial charge on any atom is 0.261 e. The summed E-state index contributed by atoms with van der Waals surface area (Å²) in [6.45, 7) is 6.01. The third kappa shape index (κ3) is 3.71. The molecule has 0 spiro atoms. The van der Waals surface area contributed by atoms with E-state index in [0.29, 0.717) is 16.5 Å². The molecular weight excluding hydrogens is 416 g/mol. The Morgan fingerprint density at radius 3 is 2.41 bits per heavy atom. The van der Waals surface area contributed by atoms with Crippen LogP contribution in [0.15, 0.2) is 77.7 Å². The largest absolute Gasteiger partial charge is 0.378 e. The first kappa shape index (κ1) is 20.8. The maximum absolute atomic E-state index is 13.2. The van der Waals surface area contributed by atoms with Gasteiger partial charge in [-0.05, 0) is 74.1 Å². The van der Waals surface area contributed by atoms with Gasteiger partial charge in [-0.3, -0.25) is 4.72 Å². The van der Waals surface area contributed by atoms with Crippen molar-refractivity contribution in [2.75, 3.05) is 10.0 Å². The molecule has 3 aromatic carbocycles. The molecule has 2 N–H and O–H groups in total. The Kier molecular flexibility index (Phi) is 5.09. The molecule has 164 valence electrons. The predicted octanol–water partition coefficient (Wildman–Crippen LogP) is 6.24. The number of rotatable bonds is 4. The summed E-state index contributed by atoms with van der Waals surface area (Å²) in [5.41, 5.74) is 7.21. The van der Waals surface area contributed by atoms with Crippen molar-refractivity contribution >= 4 is 21.4 Å². The van der Waals surface area contributed by atoms with Gasteiger partial charge in [0.2, 0.25) is 0 Å². The molecule has 0 saturated heterocycles. The van der Waals surface area contributed by atoms with Crippen molar-refractivity contribution in [3.8, 4) is 0 Å². The summed E-state index contributed by atoms with van der Waals surface area (Å²) >= 11 is 0. The molecular formula is C27H28N2O2S. The summed E-state index contributed by atoms with van der Waals surface area (Å²) in [6, 6.07) is 20.1. The molecule has 3 atom stereocenters. The number of anilines is 2. The number of hydrogen-bond acceptors (Lipinski definition) is 3. The zero-order valence-corrected chi connectivity index (χ0v) is 19.4. The second-order valence-electron chi connectivity index (χ2n) is 9.06. The topological polar surface area (TPSA) is 58.2 Å². The SMILES string of the molecule is Cc1ccc([C@@H]2Nc3ccc(S(=O)(=O)Nc4ccc(C)cc4C)cc3[C@@H]3C=CC[C@@H]32)cc1. The van der Waals surface area contributed by atoms with E-state index in [1.54, 1.807) is 6.07 Å². The van der Waals surface area contributed by atoms with Gasteiger partial charge in [0.25, 0.3) is 10.0 Å².